The standard InChI is InChI=1S/C23H36N2O5/c1-15(2)20(26)18-13-17(11-12-19(18)24)25(23(3,4)5)21(27)30-22(28)29-14-16-9-7-6-8-10-16/h6-10,15,17-20,26H,11-14,24H2,1-5H3/t17-,18-,19+,20+/m1/s1. The van der Waals surface area contributed by atoms with Crippen molar-refractivity contribution in [3.63, 3.8) is 0 Å². The third-order valence-electron chi connectivity index (χ3n) is 5.70. The Morgan fingerprint density at radius 3 is 2.40 bits per heavy atom. The number of nitrogens with zero attached hydrogens (tertiary/aromatic N) is 1. The van der Waals surface area contributed by atoms with Crippen molar-refractivity contribution < 1.29 is 24.2 Å². The van der Waals surface area contributed by atoms with Crippen LogP contribution in [0.1, 0.15) is 59.4 Å². The lowest BCUT2D eigenvalue weighted by atomic mass is 9.75. The van der Waals surface area contributed by atoms with Gasteiger partial charge in [0.2, 0.25) is 0 Å². The number of carbonyl (C=O) groups excluding carboxylic acids is 2. The zero-order valence-electron chi connectivity index (χ0n) is 18.7. The van der Waals surface area contributed by atoms with Crippen LogP contribution < -0.4 is 5.73 Å². The van der Waals surface area contributed by atoms with Crippen molar-refractivity contribution in [2.75, 3.05) is 0 Å². The first-order chi connectivity index (χ1) is 14.0. The molecule has 3 N–H and O–H groups in total. The number of hydrogen-bond donors (Lipinski definition) is 2. The van der Waals surface area contributed by atoms with Gasteiger partial charge in [0.15, 0.2) is 0 Å². The molecule has 0 unspecified atom stereocenters. The first kappa shape index (κ1) is 24.2. The smallest absolute Gasteiger partial charge is 0.429 e. The average Bonchev–Trinajstić information content (AvgIpc) is 2.67. The first-order valence-electron chi connectivity index (χ1n) is 10.7. The minimum Gasteiger partial charge on any atom is -0.429 e. The maximum atomic E-state index is 12.9. The quantitative estimate of drug-likeness (QED) is 0.550. The van der Waals surface area contributed by atoms with E-state index in [1.54, 1.807) is 4.90 Å². The first-order valence-corrected chi connectivity index (χ1v) is 10.7. The Morgan fingerprint density at radius 2 is 1.83 bits per heavy atom. The Morgan fingerprint density at radius 1 is 1.20 bits per heavy atom. The number of benzene rings is 1. The lowest BCUT2D eigenvalue weighted by Crippen LogP contribution is -2.57. The molecule has 168 valence electrons. The van der Waals surface area contributed by atoms with Crippen molar-refractivity contribution in [1.82, 2.24) is 4.90 Å². The van der Waals surface area contributed by atoms with E-state index >= 15 is 0 Å². The number of nitrogens with two attached hydrogens (primary N) is 1. The topological polar surface area (TPSA) is 102 Å². The number of ether oxygens (including phenoxy) is 2. The lowest BCUT2D eigenvalue weighted by Gasteiger charge is -2.46. The van der Waals surface area contributed by atoms with Crippen molar-refractivity contribution in [3.8, 4) is 0 Å². The summed E-state index contributed by atoms with van der Waals surface area (Å²) in [7, 11) is 0. The van der Waals surface area contributed by atoms with Crippen molar-refractivity contribution >= 4 is 12.2 Å². The molecule has 7 heteroatoms. The maximum Gasteiger partial charge on any atom is 0.517 e. The molecule has 0 radical (unpaired) electrons. The summed E-state index contributed by atoms with van der Waals surface area (Å²) in [5, 5.41) is 10.6. The predicted octanol–water partition coefficient (Wildman–Crippen LogP) is 4.07. The van der Waals surface area contributed by atoms with E-state index in [2.05, 4.69) is 0 Å². The number of amides is 1. The van der Waals surface area contributed by atoms with Crippen LogP contribution in [-0.4, -0.2) is 46.0 Å². The number of hydrogen-bond acceptors (Lipinski definition) is 6. The van der Waals surface area contributed by atoms with Gasteiger partial charge in [-0.05, 0) is 51.5 Å². The zero-order chi connectivity index (χ0) is 22.5. The summed E-state index contributed by atoms with van der Waals surface area (Å²) in [5.41, 5.74) is 6.51. The molecule has 0 heterocycles. The predicted molar refractivity (Wildman–Crippen MR) is 115 cm³/mol. The molecule has 30 heavy (non-hydrogen) atoms. The van der Waals surface area contributed by atoms with E-state index in [1.165, 1.54) is 0 Å². The van der Waals surface area contributed by atoms with Gasteiger partial charge >= 0.3 is 12.2 Å². The van der Waals surface area contributed by atoms with Crippen molar-refractivity contribution in [3.05, 3.63) is 35.9 Å². The van der Waals surface area contributed by atoms with E-state index in [0.29, 0.717) is 19.3 Å². The highest BCUT2D eigenvalue weighted by atomic mass is 16.7. The van der Waals surface area contributed by atoms with E-state index in [9.17, 15) is 14.7 Å². The molecule has 0 aliphatic heterocycles. The minimum absolute atomic E-state index is 0.0312. The summed E-state index contributed by atoms with van der Waals surface area (Å²) in [6, 6.07) is 8.89. The van der Waals surface area contributed by atoms with Gasteiger partial charge in [-0.1, -0.05) is 44.2 Å². The highest BCUT2D eigenvalue weighted by Gasteiger charge is 2.42. The van der Waals surface area contributed by atoms with Gasteiger partial charge in [-0.15, -0.1) is 0 Å². The van der Waals surface area contributed by atoms with Crippen LogP contribution >= 0.6 is 0 Å². The summed E-state index contributed by atoms with van der Waals surface area (Å²) < 4.78 is 10.1. The van der Waals surface area contributed by atoms with Gasteiger partial charge in [0.1, 0.15) is 6.61 Å². The molecule has 4 atom stereocenters. The summed E-state index contributed by atoms with van der Waals surface area (Å²) in [4.78, 5) is 26.6. The van der Waals surface area contributed by atoms with Crippen LogP contribution in [0.3, 0.4) is 0 Å². The van der Waals surface area contributed by atoms with E-state index in [0.717, 1.165) is 5.56 Å². The van der Waals surface area contributed by atoms with Crippen LogP contribution in [0.4, 0.5) is 9.59 Å². The molecule has 2 rings (SSSR count). The maximum absolute atomic E-state index is 12.9. The molecule has 1 aliphatic carbocycles. The van der Waals surface area contributed by atoms with Crippen LogP contribution in [0, 0.1) is 11.8 Å². The fraction of sp³-hybridized carbons (Fsp3) is 0.652. The summed E-state index contributed by atoms with van der Waals surface area (Å²) in [6.07, 6.45) is -0.364. The number of rotatable bonds is 5. The van der Waals surface area contributed by atoms with Gasteiger partial charge < -0.3 is 20.3 Å². The van der Waals surface area contributed by atoms with E-state index in [4.69, 9.17) is 15.2 Å². The van der Waals surface area contributed by atoms with Gasteiger partial charge in [0.05, 0.1) is 6.10 Å². The molecule has 1 saturated carbocycles. The fourth-order valence-electron chi connectivity index (χ4n) is 4.16. The molecule has 0 bridgehead atoms. The summed E-state index contributed by atoms with van der Waals surface area (Å²) in [6.45, 7) is 9.63. The van der Waals surface area contributed by atoms with Crippen molar-refractivity contribution in [2.24, 2.45) is 17.6 Å². The molecule has 1 aromatic carbocycles. The number of carbonyl (C=O) groups is 2. The van der Waals surface area contributed by atoms with E-state index in [1.807, 2.05) is 65.0 Å². The second kappa shape index (κ2) is 10.3. The van der Waals surface area contributed by atoms with E-state index < -0.39 is 23.9 Å². The van der Waals surface area contributed by atoms with E-state index in [-0.39, 0.29) is 30.5 Å². The molecule has 1 aromatic rings. The highest BCUT2D eigenvalue weighted by molar-refractivity contribution is 5.81. The zero-order valence-corrected chi connectivity index (χ0v) is 18.7. The van der Waals surface area contributed by atoms with Gasteiger partial charge in [0.25, 0.3) is 0 Å². The third-order valence-corrected chi connectivity index (χ3v) is 5.70. The summed E-state index contributed by atoms with van der Waals surface area (Å²) in [5.74, 6) is -0.0470. The van der Waals surface area contributed by atoms with Crippen LogP contribution in [0.15, 0.2) is 30.3 Å². The van der Waals surface area contributed by atoms with Crippen LogP contribution in [0.25, 0.3) is 0 Å². The molecule has 1 fully saturated rings. The second-order valence-electron chi connectivity index (χ2n) is 9.46. The fourth-order valence-corrected chi connectivity index (χ4v) is 4.16. The van der Waals surface area contributed by atoms with Crippen LogP contribution in [0.2, 0.25) is 0 Å². The number of aliphatic hydroxyl groups excluding tert-OH is 1. The Balaban J connectivity index is 2.05. The SMILES string of the molecule is CC(C)[C@H](O)[C@@H]1C[C@H](N(C(=O)OC(=O)OCc2ccccc2)C(C)(C)C)CC[C@@H]1N. The Kier molecular flexibility index (Phi) is 8.26. The Bertz CT molecular complexity index is 701. The van der Waals surface area contributed by atoms with Gasteiger partial charge in [-0.2, -0.15) is 0 Å². The molecule has 0 spiro atoms. The van der Waals surface area contributed by atoms with Crippen LogP contribution in [-0.2, 0) is 16.1 Å². The molecule has 0 saturated heterocycles. The normalized spacial score (nSPS) is 23.0. The molecule has 1 aliphatic rings. The monoisotopic (exact) mass is 420 g/mol. The van der Waals surface area contributed by atoms with Crippen molar-refractivity contribution in [2.45, 2.75) is 84.2 Å². The Hall–Kier alpha value is -2.12. The van der Waals surface area contributed by atoms with Crippen molar-refractivity contribution in [1.29, 1.82) is 0 Å². The Labute approximate surface area is 179 Å². The minimum atomic E-state index is -1.02. The largest absolute Gasteiger partial charge is 0.517 e. The van der Waals surface area contributed by atoms with Gasteiger partial charge in [-0.3, -0.25) is 4.90 Å². The molecular weight excluding hydrogens is 384 g/mol. The highest BCUT2D eigenvalue weighted by Crippen LogP contribution is 2.35. The molecule has 7 nitrogen and oxygen atoms in total. The van der Waals surface area contributed by atoms with Crippen LogP contribution in [0.5, 0.6) is 0 Å². The molecule has 1 amide bonds. The second-order valence-corrected chi connectivity index (χ2v) is 9.46. The van der Waals surface area contributed by atoms with Gasteiger partial charge in [0, 0.05) is 23.5 Å². The van der Waals surface area contributed by atoms with Gasteiger partial charge in [-0.25, -0.2) is 9.59 Å². The average molecular weight is 421 g/mol. The number of aliphatic hydroxyl groups is 1. The molecular formula is C23H36N2O5. The summed E-state index contributed by atoms with van der Waals surface area (Å²) >= 11 is 0. The third kappa shape index (κ3) is 6.44. The molecule has 0 aromatic heterocycles. The lowest BCUT2D eigenvalue weighted by molar-refractivity contribution is -0.0135.